The van der Waals surface area contributed by atoms with Gasteiger partial charge in [-0.2, -0.15) is 0 Å². The number of quaternary nitrogens is 2. The third-order valence-corrected chi connectivity index (χ3v) is 0.782. The number of carboxylic acids is 2. The van der Waals surface area contributed by atoms with Crippen LogP contribution in [0.5, 0.6) is 0 Å². The molecule has 0 spiro atoms. The van der Waals surface area contributed by atoms with Gasteiger partial charge in [0.05, 0.1) is 11.9 Å². The zero-order valence-corrected chi connectivity index (χ0v) is 8.97. The van der Waals surface area contributed by atoms with Gasteiger partial charge < -0.3 is 42.3 Å². The van der Waals surface area contributed by atoms with Crippen molar-refractivity contribution in [1.82, 2.24) is 12.3 Å². The largest absolute Gasteiger partial charge is 0.547 e. The van der Waals surface area contributed by atoms with Crippen LogP contribution in [-0.4, -0.2) is 34.4 Å². The van der Waals surface area contributed by atoms with Gasteiger partial charge in [-0.15, -0.1) is 6.58 Å². The summed E-state index contributed by atoms with van der Waals surface area (Å²) in [6.45, 7) is 5.25. The van der Waals surface area contributed by atoms with Gasteiger partial charge in [0.25, 0.3) is 0 Å². The summed E-state index contributed by atoms with van der Waals surface area (Å²) in [5.41, 5.74) is 0. The van der Waals surface area contributed by atoms with Crippen molar-refractivity contribution in [2.24, 2.45) is 0 Å². The number of allylic oxidation sites excluding steroid dienone is 1. The molecule has 2 unspecified atom stereocenters. The summed E-state index contributed by atoms with van der Waals surface area (Å²) in [4.78, 5) is 19.3. The normalized spacial score (nSPS) is 11.4. The molecule has 0 heterocycles. The Morgan fingerprint density at radius 3 is 1.33 bits per heavy atom. The Morgan fingerprint density at radius 1 is 1.13 bits per heavy atom. The van der Waals surface area contributed by atoms with E-state index in [1.165, 1.54) is 0 Å². The minimum absolute atomic E-state index is 0. The van der Waals surface area contributed by atoms with Gasteiger partial charge in [-0.3, -0.25) is 0 Å². The zero-order valence-electron chi connectivity index (χ0n) is 8.97. The van der Waals surface area contributed by atoms with Gasteiger partial charge in [-0.25, -0.2) is 0 Å². The predicted octanol–water partition coefficient (Wildman–Crippen LogP) is -2.85. The molecular formula is C7H18N2O6. The number of aliphatic carboxylic acids is 2. The third kappa shape index (κ3) is 12.5. The number of hydrogen-bond donors (Lipinski definition) is 4. The standard InChI is InChI=1S/C4H6O6.C3H6.2H3N/c5-1(3(7)8)2(6)4(9)10;1-3-2;;/h1-2,5-6H,(H,7,8)(H,9,10);3H,1H2,2H3;2*1H3. The molecule has 0 aliphatic heterocycles. The van der Waals surface area contributed by atoms with E-state index in [1.807, 2.05) is 6.92 Å². The first kappa shape index (κ1) is 23.4. The van der Waals surface area contributed by atoms with Crippen LogP contribution in [0.15, 0.2) is 12.7 Å². The van der Waals surface area contributed by atoms with Gasteiger partial charge in [0, 0.05) is 0 Å². The zero-order chi connectivity index (χ0) is 11.0. The van der Waals surface area contributed by atoms with E-state index in [-0.39, 0.29) is 12.3 Å². The average molecular weight is 226 g/mol. The van der Waals surface area contributed by atoms with E-state index in [0.717, 1.165) is 0 Å². The molecule has 0 bridgehead atoms. The number of carboxylic acid groups (broad SMARTS) is 2. The van der Waals surface area contributed by atoms with Crippen molar-refractivity contribution >= 4 is 11.9 Å². The lowest BCUT2D eigenvalue weighted by Gasteiger charge is -2.18. The highest BCUT2D eigenvalue weighted by atomic mass is 16.4. The monoisotopic (exact) mass is 226 g/mol. The molecule has 0 aliphatic rings. The molecule has 0 saturated heterocycles. The summed E-state index contributed by atoms with van der Waals surface area (Å²) in [7, 11) is 0. The Hall–Kier alpha value is -1.48. The highest BCUT2D eigenvalue weighted by Crippen LogP contribution is 1.88. The van der Waals surface area contributed by atoms with Crippen LogP contribution < -0.4 is 22.5 Å². The summed E-state index contributed by atoms with van der Waals surface area (Å²) in [6, 6.07) is 0. The van der Waals surface area contributed by atoms with E-state index in [2.05, 4.69) is 6.58 Å². The molecule has 15 heavy (non-hydrogen) atoms. The summed E-state index contributed by atoms with van der Waals surface area (Å²) < 4.78 is 0. The van der Waals surface area contributed by atoms with Crippen molar-refractivity contribution in [3.05, 3.63) is 12.7 Å². The Balaban J connectivity index is -0.000000108. The molecule has 2 atom stereocenters. The maximum absolute atomic E-state index is 9.63. The number of carbonyl (C=O) groups excluding carboxylic acids is 2. The first-order valence-electron chi connectivity index (χ1n) is 3.23. The molecule has 0 saturated carbocycles. The topological polar surface area (TPSA) is 194 Å². The SMILES string of the molecule is C=CC.O=C([O-])C(O)C(O)C(=O)[O-].[NH4+].[NH4+]. The average Bonchev–Trinajstić information content (AvgIpc) is 2.03. The Kier molecular flexibility index (Phi) is 19.5. The van der Waals surface area contributed by atoms with Crippen molar-refractivity contribution in [3.63, 3.8) is 0 Å². The van der Waals surface area contributed by atoms with E-state index in [9.17, 15) is 19.8 Å². The fourth-order valence-corrected chi connectivity index (χ4v) is 0.258. The summed E-state index contributed by atoms with van der Waals surface area (Å²) in [6.07, 6.45) is -3.13. The second kappa shape index (κ2) is 12.5. The lowest BCUT2D eigenvalue weighted by atomic mass is 10.2. The molecule has 0 rings (SSSR count). The first-order chi connectivity index (χ1) is 5.88. The Labute approximate surface area is 87.0 Å². The van der Waals surface area contributed by atoms with Crippen molar-refractivity contribution in [2.75, 3.05) is 0 Å². The van der Waals surface area contributed by atoms with Gasteiger partial charge in [0.15, 0.2) is 0 Å². The number of rotatable bonds is 3. The number of aliphatic hydroxyl groups is 2. The summed E-state index contributed by atoms with van der Waals surface area (Å²) in [5, 5.41) is 35.7. The molecule has 0 radical (unpaired) electrons. The highest BCUT2D eigenvalue weighted by molar-refractivity contribution is 5.80. The van der Waals surface area contributed by atoms with E-state index in [4.69, 9.17) is 10.2 Å². The van der Waals surface area contributed by atoms with Crippen LogP contribution in [0.3, 0.4) is 0 Å². The molecule has 92 valence electrons. The lowest BCUT2D eigenvalue weighted by Crippen LogP contribution is -2.51. The van der Waals surface area contributed by atoms with Crippen molar-refractivity contribution in [1.29, 1.82) is 0 Å². The summed E-state index contributed by atoms with van der Waals surface area (Å²) in [5.74, 6) is -4.12. The molecule has 0 amide bonds. The highest BCUT2D eigenvalue weighted by Gasteiger charge is 2.17. The van der Waals surface area contributed by atoms with E-state index < -0.39 is 24.1 Å². The molecule has 0 aromatic carbocycles. The van der Waals surface area contributed by atoms with Gasteiger partial charge >= 0.3 is 0 Å². The molecule has 0 aliphatic carbocycles. The van der Waals surface area contributed by atoms with Crippen LogP contribution in [0.1, 0.15) is 6.92 Å². The smallest absolute Gasteiger partial charge is 0.124 e. The fraction of sp³-hybridized carbons (Fsp3) is 0.429. The van der Waals surface area contributed by atoms with Crippen molar-refractivity contribution < 1.29 is 30.0 Å². The summed E-state index contributed by atoms with van der Waals surface area (Å²) >= 11 is 0. The Bertz CT molecular complexity index is 178. The van der Waals surface area contributed by atoms with Crippen LogP contribution in [0.2, 0.25) is 0 Å². The molecule has 8 nitrogen and oxygen atoms in total. The van der Waals surface area contributed by atoms with Gasteiger partial charge in [-0.1, -0.05) is 6.08 Å². The minimum Gasteiger partial charge on any atom is -0.547 e. The predicted molar refractivity (Wildman–Crippen MR) is 49.9 cm³/mol. The molecular weight excluding hydrogens is 208 g/mol. The third-order valence-electron chi connectivity index (χ3n) is 0.782. The van der Waals surface area contributed by atoms with Crippen LogP contribution in [0.25, 0.3) is 0 Å². The van der Waals surface area contributed by atoms with Gasteiger partial charge in [-0.05, 0) is 6.92 Å². The van der Waals surface area contributed by atoms with Crippen LogP contribution in [0, 0.1) is 0 Å². The lowest BCUT2D eigenvalue weighted by molar-refractivity contribution is -0.333. The molecule has 0 fully saturated rings. The van der Waals surface area contributed by atoms with Crippen LogP contribution in [0.4, 0.5) is 0 Å². The van der Waals surface area contributed by atoms with E-state index in [1.54, 1.807) is 6.08 Å². The number of aliphatic hydroxyl groups excluding tert-OH is 2. The van der Waals surface area contributed by atoms with Gasteiger partial charge in [0.2, 0.25) is 0 Å². The van der Waals surface area contributed by atoms with Crippen molar-refractivity contribution in [3.8, 4) is 0 Å². The molecule has 8 heteroatoms. The fourth-order valence-electron chi connectivity index (χ4n) is 0.258. The first-order valence-corrected chi connectivity index (χ1v) is 3.23. The minimum atomic E-state index is -2.44. The molecule has 10 N–H and O–H groups in total. The number of carbonyl (C=O) groups is 2. The molecule has 0 aromatic heterocycles. The van der Waals surface area contributed by atoms with Crippen molar-refractivity contribution in [2.45, 2.75) is 19.1 Å². The second-order valence-electron chi connectivity index (χ2n) is 1.94. The van der Waals surface area contributed by atoms with E-state index in [0.29, 0.717) is 0 Å². The maximum atomic E-state index is 9.63. The quantitative estimate of drug-likeness (QED) is 0.373. The second-order valence-corrected chi connectivity index (χ2v) is 1.94. The molecule has 0 aromatic rings. The maximum Gasteiger partial charge on any atom is 0.124 e. The van der Waals surface area contributed by atoms with E-state index >= 15 is 0 Å². The van der Waals surface area contributed by atoms with Crippen LogP contribution >= 0.6 is 0 Å². The van der Waals surface area contributed by atoms with Crippen LogP contribution in [-0.2, 0) is 9.59 Å². The Morgan fingerprint density at radius 2 is 1.27 bits per heavy atom. The van der Waals surface area contributed by atoms with Gasteiger partial charge in [0.1, 0.15) is 12.2 Å². The number of hydrogen-bond acceptors (Lipinski definition) is 6.